The van der Waals surface area contributed by atoms with Crippen molar-refractivity contribution in [2.75, 3.05) is 25.0 Å². The van der Waals surface area contributed by atoms with Crippen molar-refractivity contribution in [3.63, 3.8) is 0 Å². The number of hydrogen-bond donors (Lipinski definition) is 2. The van der Waals surface area contributed by atoms with Crippen molar-refractivity contribution in [3.05, 3.63) is 24.4 Å². The molecule has 0 atom stereocenters. The quantitative estimate of drug-likeness (QED) is 0.886. The van der Waals surface area contributed by atoms with E-state index in [1.54, 1.807) is 0 Å². The molecule has 1 aliphatic heterocycles. The molecule has 0 bridgehead atoms. The molecule has 0 unspecified atom stereocenters. The number of fused-ring (bicyclic) bond motifs is 1. The Kier molecular flexibility index (Phi) is 3.69. The lowest BCUT2D eigenvalue weighted by atomic mass is 10.0. The maximum Gasteiger partial charge on any atom is 0.0651 e. The molecule has 0 saturated carbocycles. The number of aromatic amines is 1. The first kappa shape index (κ1) is 12.5. The molecule has 0 aliphatic carbocycles. The Hall–Kier alpha value is -1.55. The largest absolute Gasteiger partial charge is 0.382 e. The first-order valence-corrected chi connectivity index (χ1v) is 7.27. The maximum absolute atomic E-state index is 4.06. The van der Waals surface area contributed by atoms with Gasteiger partial charge in [-0.2, -0.15) is 5.10 Å². The molecule has 1 aromatic heterocycles. The smallest absolute Gasteiger partial charge is 0.0651 e. The molecule has 2 N–H and O–H groups in total. The summed E-state index contributed by atoms with van der Waals surface area (Å²) in [6.07, 6.45) is 5.62. The van der Waals surface area contributed by atoms with E-state index in [2.05, 4.69) is 45.5 Å². The van der Waals surface area contributed by atoms with Crippen LogP contribution in [-0.2, 0) is 0 Å². The third-order valence-corrected chi connectivity index (χ3v) is 3.94. The molecule has 1 aromatic carbocycles. The van der Waals surface area contributed by atoms with E-state index in [1.165, 1.54) is 50.0 Å². The van der Waals surface area contributed by atoms with Gasteiger partial charge in [0.05, 0.1) is 11.7 Å². The number of nitrogens with one attached hydrogen (secondary N) is 2. The number of hydrogen-bond acceptors (Lipinski definition) is 3. The fourth-order valence-corrected chi connectivity index (χ4v) is 2.89. The first-order chi connectivity index (χ1) is 9.35. The van der Waals surface area contributed by atoms with Crippen molar-refractivity contribution in [2.45, 2.75) is 32.2 Å². The van der Waals surface area contributed by atoms with E-state index in [-0.39, 0.29) is 0 Å². The summed E-state index contributed by atoms with van der Waals surface area (Å²) in [7, 11) is 0. The van der Waals surface area contributed by atoms with E-state index in [9.17, 15) is 0 Å². The molecule has 1 fully saturated rings. The Bertz CT molecular complexity index is 526. The van der Waals surface area contributed by atoms with E-state index in [0.717, 1.165) is 5.52 Å². The lowest BCUT2D eigenvalue weighted by Gasteiger charge is -2.32. The fraction of sp³-hybridized carbons (Fsp3) is 0.533. The number of anilines is 1. The molecular weight excluding hydrogens is 236 g/mol. The number of aromatic nitrogens is 2. The van der Waals surface area contributed by atoms with Gasteiger partial charge in [-0.3, -0.25) is 5.10 Å². The summed E-state index contributed by atoms with van der Waals surface area (Å²) in [5.74, 6) is 0. The average molecular weight is 258 g/mol. The van der Waals surface area contributed by atoms with Crippen LogP contribution in [0.5, 0.6) is 0 Å². The molecule has 102 valence electrons. The van der Waals surface area contributed by atoms with Crippen LogP contribution in [0.15, 0.2) is 24.4 Å². The number of likely N-dealkylation sites (tertiary alicyclic amines) is 1. The SMILES string of the molecule is CCCN1CCC(Nc2ccc3[nH]ncc3c2)CC1. The zero-order chi connectivity index (χ0) is 13.1. The highest BCUT2D eigenvalue weighted by atomic mass is 15.1. The molecule has 3 rings (SSSR count). The molecule has 4 heteroatoms. The number of H-pyrrole nitrogens is 1. The highest BCUT2D eigenvalue weighted by Crippen LogP contribution is 2.20. The first-order valence-electron chi connectivity index (χ1n) is 7.27. The number of nitrogens with zero attached hydrogens (tertiary/aromatic N) is 2. The van der Waals surface area contributed by atoms with Crippen LogP contribution in [0, 0.1) is 0 Å². The van der Waals surface area contributed by atoms with E-state index in [0.29, 0.717) is 6.04 Å². The zero-order valence-corrected chi connectivity index (χ0v) is 11.5. The molecule has 1 saturated heterocycles. The molecule has 1 aliphatic rings. The van der Waals surface area contributed by atoms with E-state index in [1.807, 2.05) is 6.20 Å². The highest BCUT2D eigenvalue weighted by molar-refractivity contribution is 5.81. The van der Waals surface area contributed by atoms with Gasteiger partial charge in [0, 0.05) is 30.2 Å². The minimum atomic E-state index is 0.609. The summed E-state index contributed by atoms with van der Waals surface area (Å²) in [6.45, 7) is 5.94. The second-order valence-electron chi connectivity index (χ2n) is 5.43. The number of piperidine rings is 1. The number of benzene rings is 1. The average Bonchev–Trinajstić information content (AvgIpc) is 2.89. The standard InChI is InChI=1S/C15H22N4/c1-2-7-19-8-5-13(6-9-19)17-14-3-4-15-12(10-14)11-16-18-15/h3-4,10-11,13,17H,2,5-9H2,1H3,(H,16,18). The molecule has 2 heterocycles. The van der Waals surface area contributed by atoms with Crippen LogP contribution in [0.2, 0.25) is 0 Å². The van der Waals surface area contributed by atoms with Crippen LogP contribution < -0.4 is 5.32 Å². The van der Waals surface area contributed by atoms with Gasteiger partial charge in [-0.25, -0.2) is 0 Å². The summed E-state index contributed by atoms with van der Waals surface area (Å²) in [5, 5.41) is 11.9. The normalized spacial score (nSPS) is 17.9. The van der Waals surface area contributed by atoms with Crippen molar-refractivity contribution < 1.29 is 0 Å². The highest BCUT2D eigenvalue weighted by Gasteiger charge is 2.18. The van der Waals surface area contributed by atoms with E-state index < -0.39 is 0 Å². The van der Waals surface area contributed by atoms with Gasteiger partial charge in [-0.05, 0) is 44.0 Å². The third-order valence-electron chi connectivity index (χ3n) is 3.94. The van der Waals surface area contributed by atoms with Gasteiger partial charge in [-0.1, -0.05) is 6.92 Å². The van der Waals surface area contributed by atoms with Gasteiger partial charge >= 0.3 is 0 Å². The summed E-state index contributed by atoms with van der Waals surface area (Å²) in [4.78, 5) is 2.57. The molecule has 0 radical (unpaired) electrons. The maximum atomic E-state index is 4.06. The predicted octanol–water partition coefficient (Wildman–Crippen LogP) is 2.85. The number of rotatable bonds is 4. The van der Waals surface area contributed by atoms with Crippen LogP contribution in [0.25, 0.3) is 10.9 Å². The predicted molar refractivity (Wildman–Crippen MR) is 79.5 cm³/mol. The van der Waals surface area contributed by atoms with Gasteiger partial charge in [0.2, 0.25) is 0 Å². The van der Waals surface area contributed by atoms with E-state index >= 15 is 0 Å². The van der Waals surface area contributed by atoms with Crippen molar-refractivity contribution in [1.29, 1.82) is 0 Å². The lowest BCUT2D eigenvalue weighted by Crippen LogP contribution is -2.39. The van der Waals surface area contributed by atoms with Gasteiger partial charge < -0.3 is 10.2 Å². The molecule has 0 amide bonds. The summed E-state index contributed by atoms with van der Waals surface area (Å²) < 4.78 is 0. The third kappa shape index (κ3) is 2.89. The Labute approximate surface area is 114 Å². The Balaban J connectivity index is 1.59. The minimum absolute atomic E-state index is 0.609. The monoisotopic (exact) mass is 258 g/mol. The summed E-state index contributed by atoms with van der Waals surface area (Å²) >= 11 is 0. The van der Waals surface area contributed by atoms with Crippen molar-refractivity contribution in [3.8, 4) is 0 Å². The molecule has 4 nitrogen and oxygen atoms in total. The van der Waals surface area contributed by atoms with Crippen LogP contribution >= 0.6 is 0 Å². The molecule has 2 aromatic rings. The Morgan fingerprint density at radius 1 is 1.37 bits per heavy atom. The molecular formula is C15H22N4. The fourth-order valence-electron chi connectivity index (χ4n) is 2.89. The molecule has 19 heavy (non-hydrogen) atoms. The summed E-state index contributed by atoms with van der Waals surface area (Å²) in [6, 6.07) is 7.02. The molecule has 0 spiro atoms. The second kappa shape index (κ2) is 5.61. The zero-order valence-electron chi connectivity index (χ0n) is 11.5. The lowest BCUT2D eigenvalue weighted by molar-refractivity contribution is 0.219. The topological polar surface area (TPSA) is 44.0 Å². The van der Waals surface area contributed by atoms with Crippen LogP contribution in [0.4, 0.5) is 5.69 Å². The van der Waals surface area contributed by atoms with Gasteiger partial charge in [0.25, 0.3) is 0 Å². The van der Waals surface area contributed by atoms with Crippen LogP contribution in [-0.4, -0.2) is 40.8 Å². The summed E-state index contributed by atoms with van der Waals surface area (Å²) in [5.41, 5.74) is 2.31. The van der Waals surface area contributed by atoms with Crippen LogP contribution in [0.1, 0.15) is 26.2 Å². The van der Waals surface area contributed by atoms with Gasteiger partial charge in [0.1, 0.15) is 0 Å². The van der Waals surface area contributed by atoms with Crippen molar-refractivity contribution >= 4 is 16.6 Å². The van der Waals surface area contributed by atoms with Crippen molar-refractivity contribution in [1.82, 2.24) is 15.1 Å². The van der Waals surface area contributed by atoms with Crippen LogP contribution in [0.3, 0.4) is 0 Å². The van der Waals surface area contributed by atoms with Gasteiger partial charge in [-0.15, -0.1) is 0 Å². The van der Waals surface area contributed by atoms with Gasteiger partial charge in [0.15, 0.2) is 0 Å². The minimum Gasteiger partial charge on any atom is -0.382 e. The van der Waals surface area contributed by atoms with Crippen molar-refractivity contribution in [2.24, 2.45) is 0 Å². The Morgan fingerprint density at radius 2 is 2.21 bits per heavy atom. The van der Waals surface area contributed by atoms with E-state index in [4.69, 9.17) is 0 Å². The second-order valence-corrected chi connectivity index (χ2v) is 5.43. The Morgan fingerprint density at radius 3 is 3.00 bits per heavy atom.